The highest BCUT2D eigenvalue weighted by atomic mass is 32.1. The first-order valence-electron chi connectivity index (χ1n) is 11.8. The van der Waals surface area contributed by atoms with Gasteiger partial charge in [-0.25, -0.2) is 0 Å². The van der Waals surface area contributed by atoms with Crippen LogP contribution in [0.25, 0.3) is 0 Å². The van der Waals surface area contributed by atoms with Gasteiger partial charge in [0.2, 0.25) is 0 Å². The van der Waals surface area contributed by atoms with E-state index in [2.05, 4.69) is 35.3 Å². The molecule has 4 N–H and O–H groups in total. The second kappa shape index (κ2) is 13.2. The zero-order valence-electron chi connectivity index (χ0n) is 21.0. The van der Waals surface area contributed by atoms with Crippen molar-refractivity contribution >= 4 is 40.7 Å². The van der Waals surface area contributed by atoms with Crippen molar-refractivity contribution in [1.82, 2.24) is 16.2 Å². The Morgan fingerprint density at radius 3 is 2.27 bits per heavy atom. The predicted molar refractivity (Wildman–Crippen MR) is 148 cm³/mol. The lowest BCUT2D eigenvalue weighted by molar-refractivity contribution is 0.0934. The normalized spacial score (nSPS) is 10.4. The lowest BCUT2D eigenvalue weighted by Gasteiger charge is -2.12. The number of rotatable bonds is 8. The number of ether oxygens (including phenoxy) is 1. The lowest BCUT2D eigenvalue weighted by Crippen LogP contribution is -2.48. The van der Waals surface area contributed by atoms with Crippen LogP contribution in [-0.4, -0.2) is 29.4 Å². The van der Waals surface area contributed by atoms with Gasteiger partial charge in [0.25, 0.3) is 17.7 Å². The average molecular weight is 519 g/mol. The summed E-state index contributed by atoms with van der Waals surface area (Å²) in [7, 11) is 0. The molecule has 9 heteroatoms. The molecule has 0 aliphatic carbocycles. The van der Waals surface area contributed by atoms with E-state index in [1.165, 1.54) is 0 Å². The number of hydrogen-bond donors (Lipinski definition) is 4. The molecule has 0 aliphatic rings. The van der Waals surface area contributed by atoms with Crippen LogP contribution in [0.3, 0.4) is 0 Å². The smallest absolute Gasteiger partial charge is 0.269 e. The molecule has 0 saturated carbocycles. The maximum atomic E-state index is 12.5. The maximum absolute atomic E-state index is 12.5. The van der Waals surface area contributed by atoms with Crippen molar-refractivity contribution in [3.05, 3.63) is 95.1 Å². The first-order chi connectivity index (χ1) is 17.7. The molecular weight excluding hydrogens is 488 g/mol. The summed E-state index contributed by atoms with van der Waals surface area (Å²) in [4.78, 5) is 37.4. The van der Waals surface area contributed by atoms with Gasteiger partial charge in [-0.2, -0.15) is 0 Å². The Labute approximate surface area is 221 Å². The summed E-state index contributed by atoms with van der Waals surface area (Å²) in [5.74, 6) is -0.0126. The van der Waals surface area contributed by atoms with Gasteiger partial charge in [0, 0.05) is 22.4 Å². The second-order valence-electron chi connectivity index (χ2n) is 8.77. The summed E-state index contributed by atoms with van der Waals surface area (Å²) >= 11 is 5.12. The van der Waals surface area contributed by atoms with Crippen LogP contribution in [-0.2, 0) is 0 Å². The summed E-state index contributed by atoms with van der Waals surface area (Å²) in [5, 5.41) is 5.26. The van der Waals surface area contributed by atoms with Gasteiger partial charge in [0.1, 0.15) is 5.75 Å². The predicted octanol–water partition coefficient (Wildman–Crippen LogP) is 4.62. The zero-order valence-corrected chi connectivity index (χ0v) is 21.8. The monoisotopic (exact) mass is 518 g/mol. The molecule has 0 radical (unpaired) electrons. The molecule has 3 aromatic carbocycles. The molecule has 0 unspecified atom stereocenters. The van der Waals surface area contributed by atoms with Gasteiger partial charge in [-0.05, 0) is 85.6 Å². The minimum Gasteiger partial charge on any atom is -0.494 e. The van der Waals surface area contributed by atoms with E-state index in [-0.39, 0.29) is 11.0 Å². The Balaban J connectivity index is 1.47. The third kappa shape index (κ3) is 8.43. The van der Waals surface area contributed by atoms with E-state index in [9.17, 15) is 14.4 Å². The summed E-state index contributed by atoms with van der Waals surface area (Å²) in [6.07, 6.45) is 0.912. The van der Waals surface area contributed by atoms with E-state index in [0.29, 0.717) is 40.7 Å². The fourth-order valence-corrected chi connectivity index (χ4v) is 3.41. The van der Waals surface area contributed by atoms with Crippen molar-refractivity contribution in [2.75, 3.05) is 11.9 Å². The topological polar surface area (TPSA) is 109 Å². The molecule has 0 atom stereocenters. The second-order valence-corrected chi connectivity index (χ2v) is 9.18. The molecule has 3 amide bonds. The Morgan fingerprint density at radius 1 is 0.838 bits per heavy atom. The molecule has 0 aromatic heterocycles. The highest BCUT2D eigenvalue weighted by Crippen LogP contribution is 2.15. The van der Waals surface area contributed by atoms with Gasteiger partial charge in [-0.1, -0.05) is 38.1 Å². The van der Waals surface area contributed by atoms with Crippen LogP contribution in [0, 0.1) is 12.8 Å². The number of carbonyl (C=O) groups excluding carboxylic acids is 3. The fourth-order valence-electron chi connectivity index (χ4n) is 3.26. The third-order valence-electron chi connectivity index (χ3n) is 5.37. The molecule has 0 spiro atoms. The fraction of sp³-hybridized carbons (Fsp3) is 0.214. The van der Waals surface area contributed by atoms with Gasteiger partial charge in [-0.15, -0.1) is 0 Å². The summed E-state index contributed by atoms with van der Waals surface area (Å²) in [6.45, 7) is 6.65. The van der Waals surface area contributed by atoms with Crippen molar-refractivity contribution in [3.8, 4) is 5.75 Å². The van der Waals surface area contributed by atoms with Crippen molar-refractivity contribution in [3.63, 3.8) is 0 Å². The Morgan fingerprint density at radius 2 is 1.57 bits per heavy atom. The van der Waals surface area contributed by atoms with Crippen LogP contribution in [0.2, 0.25) is 0 Å². The molecule has 192 valence electrons. The number of benzene rings is 3. The Kier molecular flexibility index (Phi) is 9.74. The van der Waals surface area contributed by atoms with Crippen molar-refractivity contribution in [1.29, 1.82) is 0 Å². The van der Waals surface area contributed by atoms with E-state index in [1.54, 1.807) is 60.7 Å². The number of amides is 3. The standard InChI is InChI=1S/C28H30N4O4S/c1-18(2)15-16-36-23-9-6-8-21(17-23)25(33)30-28(37)32-31-26(34)20-11-13-22(14-12-20)29-27(35)24-10-5-4-7-19(24)3/h4-14,17-18H,15-16H2,1-3H3,(H,29,35)(H,31,34)(H2,30,32,33,37). The van der Waals surface area contributed by atoms with Gasteiger partial charge in [0.15, 0.2) is 5.11 Å². The molecule has 8 nitrogen and oxygen atoms in total. The Hall–Kier alpha value is -4.24. The van der Waals surface area contributed by atoms with Crippen LogP contribution in [0.1, 0.15) is 56.9 Å². The molecule has 0 aliphatic heterocycles. The van der Waals surface area contributed by atoms with Gasteiger partial charge < -0.3 is 10.1 Å². The van der Waals surface area contributed by atoms with E-state index < -0.39 is 11.8 Å². The molecule has 37 heavy (non-hydrogen) atoms. The maximum Gasteiger partial charge on any atom is 0.269 e. The lowest BCUT2D eigenvalue weighted by atomic mass is 10.1. The summed E-state index contributed by atoms with van der Waals surface area (Å²) in [6, 6.07) is 20.5. The zero-order chi connectivity index (χ0) is 26.8. The van der Waals surface area contributed by atoms with E-state index in [1.807, 2.05) is 19.1 Å². The van der Waals surface area contributed by atoms with Gasteiger partial charge in [0.05, 0.1) is 6.61 Å². The minimum absolute atomic E-state index is 0.0633. The number of nitrogens with one attached hydrogen (secondary N) is 4. The van der Waals surface area contributed by atoms with Crippen molar-refractivity contribution in [2.24, 2.45) is 5.92 Å². The molecule has 3 rings (SSSR count). The molecular formula is C28H30N4O4S. The number of aryl methyl sites for hydroxylation is 1. The molecule has 0 saturated heterocycles. The molecule has 0 heterocycles. The van der Waals surface area contributed by atoms with E-state index in [4.69, 9.17) is 17.0 Å². The SMILES string of the molecule is Cc1ccccc1C(=O)Nc1ccc(C(=O)NNC(=S)NC(=O)c2cccc(OCCC(C)C)c2)cc1. The van der Waals surface area contributed by atoms with Crippen molar-refractivity contribution in [2.45, 2.75) is 27.2 Å². The highest BCUT2D eigenvalue weighted by Gasteiger charge is 2.12. The molecule has 0 bridgehead atoms. The number of carbonyl (C=O) groups is 3. The third-order valence-corrected chi connectivity index (χ3v) is 5.58. The summed E-state index contributed by atoms with van der Waals surface area (Å²) < 4.78 is 5.69. The van der Waals surface area contributed by atoms with Crippen LogP contribution >= 0.6 is 12.2 Å². The number of anilines is 1. The summed E-state index contributed by atoms with van der Waals surface area (Å²) in [5.41, 5.74) is 7.67. The van der Waals surface area contributed by atoms with Gasteiger partial charge >= 0.3 is 0 Å². The minimum atomic E-state index is -0.464. The molecule has 3 aromatic rings. The first kappa shape index (κ1) is 27.3. The quantitative estimate of drug-likeness (QED) is 0.256. The van der Waals surface area contributed by atoms with Gasteiger partial charge in [-0.3, -0.25) is 30.6 Å². The van der Waals surface area contributed by atoms with Crippen LogP contribution in [0.4, 0.5) is 5.69 Å². The van der Waals surface area contributed by atoms with E-state index >= 15 is 0 Å². The number of hydrogen-bond acceptors (Lipinski definition) is 5. The largest absolute Gasteiger partial charge is 0.494 e. The highest BCUT2D eigenvalue weighted by molar-refractivity contribution is 7.80. The average Bonchev–Trinajstić information content (AvgIpc) is 2.88. The first-order valence-corrected chi connectivity index (χ1v) is 12.3. The van der Waals surface area contributed by atoms with Crippen molar-refractivity contribution < 1.29 is 19.1 Å². The number of hydrazine groups is 1. The number of thiocarbonyl (C=S) groups is 1. The van der Waals surface area contributed by atoms with Crippen LogP contribution in [0.15, 0.2) is 72.8 Å². The van der Waals surface area contributed by atoms with Crippen LogP contribution in [0.5, 0.6) is 5.75 Å². The molecule has 0 fully saturated rings. The Bertz CT molecular complexity index is 1280. The van der Waals surface area contributed by atoms with Crippen LogP contribution < -0.4 is 26.2 Å². The van der Waals surface area contributed by atoms with E-state index in [0.717, 1.165) is 12.0 Å².